The first kappa shape index (κ1) is 23.2. The van der Waals surface area contributed by atoms with Crippen LogP contribution in [0.4, 0.5) is 17.2 Å². The minimum atomic E-state index is -0.580. The van der Waals surface area contributed by atoms with Gasteiger partial charge in [0.1, 0.15) is 11.4 Å². The van der Waals surface area contributed by atoms with E-state index in [9.17, 15) is 9.59 Å². The molecule has 1 amide bonds. The number of aromatic nitrogens is 3. The summed E-state index contributed by atoms with van der Waals surface area (Å²) < 4.78 is 10.8. The monoisotopic (exact) mass is 464 g/mol. The molecule has 4 rings (SSSR count). The van der Waals surface area contributed by atoms with Crippen molar-refractivity contribution in [1.82, 2.24) is 14.9 Å². The van der Waals surface area contributed by atoms with Crippen molar-refractivity contribution in [3.63, 3.8) is 0 Å². The molecule has 0 aliphatic carbocycles. The molecule has 2 aromatic heterocycles. The normalized spacial score (nSPS) is 13.9. The van der Waals surface area contributed by atoms with E-state index in [0.29, 0.717) is 30.2 Å². The highest BCUT2D eigenvalue weighted by Crippen LogP contribution is 2.17. The molecule has 1 aliphatic heterocycles. The Morgan fingerprint density at radius 2 is 1.85 bits per heavy atom. The standard InChI is InChI=1S/C24H28N6O4/c1-24(2,3)34-23(32)17-5-4-6-18(15-17)27-30-10-9-20(28-30)22(31)26-19-7-8-21(25-16-19)29-11-13-33-14-12-29/h4-10,15-16,27H,11-14H2,1-3H3,(H,26,31). The summed E-state index contributed by atoms with van der Waals surface area (Å²) in [5.41, 5.74) is 4.30. The maximum absolute atomic E-state index is 12.6. The van der Waals surface area contributed by atoms with Crippen molar-refractivity contribution in [2.45, 2.75) is 26.4 Å². The number of anilines is 3. The molecule has 34 heavy (non-hydrogen) atoms. The fourth-order valence-corrected chi connectivity index (χ4v) is 3.33. The zero-order valence-electron chi connectivity index (χ0n) is 19.4. The molecule has 1 fully saturated rings. The lowest BCUT2D eigenvalue weighted by molar-refractivity contribution is 0.00694. The zero-order valence-corrected chi connectivity index (χ0v) is 19.4. The highest BCUT2D eigenvalue weighted by Gasteiger charge is 2.18. The van der Waals surface area contributed by atoms with Crippen LogP contribution in [0.5, 0.6) is 0 Å². The molecule has 0 unspecified atom stereocenters. The van der Waals surface area contributed by atoms with Crippen molar-refractivity contribution in [3.05, 3.63) is 66.1 Å². The zero-order chi connectivity index (χ0) is 24.1. The third-order valence-corrected chi connectivity index (χ3v) is 4.90. The van der Waals surface area contributed by atoms with Crippen LogP contribution >= 0.6 is 0 Å². The summed E-state index contributed by atoms with van der Waals surface area (Å²) in [5, 5.41) is 7.06. The molecule has 1 aromatic carbocycles. The molecule has 3 heterocycles. The number of pyridine rings is 1. The van der Waals surface area contributed by atoms with E-state index in [0.717, 1.165) is 18.9 Å². The second-order valence-electron chi connectivity index (χ2n) is 8.80. The molecule has 3 aromatic rings. The molecule has 10 heteroatoms. The second kappa shape index (κ2) is 9.92. The number of hydrogen-bond acceptors (Lipinski definition) is 8. The number of carbonyl (C=O) groups is 2. The van der Waals surface area contributed by atoms with Crippen LogP contribution in [-0.2, 0) is 9.47 Å². The molecule has 0 atom stereocenters. The van der Waals surface area contributed by atoms with Gasteiger partial charge in [-0.25, -0.2) is 9.78 Å². The first-order valence-corrected chi connectivity index (χ1v) is 11.0. The molecule has 0 bridgehead atoms. The van der Waals surface area contributed by atoms with Gasteiger partial charge in [-0.3, -0.25) is 10.2 Å². The lowest BCUT2D eigenvalue weighted by Gasteiger charge is -2.27. The number of nitrogens with one attached hydrogen (secondary N) is 2. The van der Waals surface area contributed by atoms with Crippen LogP contribution < -0.4 is 15.6 Å². The SMILES string of the molecule is CC(C)(C)OC(=O)c1cccc(Nn2ccc(C(=O)Nc3ccc(N4CCOCC4)nc3)n2)c1. The minimum absolute atomic E-state index is 0.230. The van der Waals surface area contributed by atoms with E-state index in [1.165, 1.54) is 4.79 Å². The summed E-state index contributed by atoms with van der Waals surface area (Å²) >= 11 is 0. The van der Waals surface area contributed by atoms with Gasteiger partial charge in [0, 0.05) is 19.3 Å². The number of morpholine rings is 1. The van der Waals surface area contributed by atoms with E-state index < -0.39 is 11.6 Å². The highest BCUT2D eigenvalue weighted by atomic mass is 16.6. The molecular weight excluding hydrogens is 436 g/mol. The number of ether oxygens (including phenoxy) is 2. The maximum Gasteiger partial charge on any atom is 0.338 e. The molecule has 1 saturated heterocycles. The molecule has 178 valence electrons. The average Bonchev–Trinajstić information content (AvgIpc) is 3.28. The highest BCUT2D eigenvalue weighted by molar-refractivity contribution is 6.02. The predicted octanol–water partition coefficient (Wildman–Crippen LogP) is 3.20. The maximum atomic E-state index is 12.6. The quantitative estimate of drug-likeness (QED) is 0.535. The number of rotatable bonds is 6. The number of hydrogen-bond donors (Lipinski definition) is 2. The smallest absolute Gasteiger partial charge is 0.338 e. The van der Waals surface area contributed by atoms with Gasteiger partial charge in [-0.05, 0) is 57.2 Å². The molecule has 2 N–H and O–H groups in total. The number of benzene rings is 1. The van der Waals surface area contributed by atoms with Gasteiger partial charge < -0.3 is 19.7 Å². The van der Waals surface area contributed by atoms with Gasteiger partial charge >= 0.3 is 5.97 Å². The van der Waals surface area contributed by atoms with E-state index in [2.05, 4.69) is 25.7 Å². The Balaban J connectivity index is 1.36. The Bertz CT molecular complexity index is 1150. The fourth-order valence-electron chi connectivity index (χ4n) is 3.33. The van der Waals surface area contributed by atoms with Crippen LogP contribution in [0, 0.1) is 0 Å². The van der Waals surface area contributed by atoms with E-state index in [1.807, 2.05) is 32.9 Å². The van der Waals surface area contributed by atoms with Gasteiger partial charge in [-0.1, -0.05) is 6.07 Å². The molecule has 0 saturated carbocycles. The summed E-state index contributed by atoms with van der Waals surface area (Å²) in [4.78, 5) is 32.9. The first-order chi connectivity index (χ1) is 16.3. The van der Waals surface area contributed by atoms with Gasteiger partial charge in [0.15, 0.2) is 5.69 Å². The first-order valence-electron chi connectivity index (χ1n) is 11.0. The molecule has 0 spiro atoms. The lowest BCUT2D eigenvalue weighted by Crippen LogP contribution is -2.36. The van der Waals surface area contributed by atoms with Gasteiger partial charge in [-0.2, -0.15) is 4.79 Å². The Morgan fingerprint density at radius 1 is 1.06 bits per heavy atom. The lowest BCUT2D eigenvalue weighted by atomic mass is 10.1. The summed E-state index contributed by atoms with van der Waals surface area (Å²) in [6.07, 6.45) is 3.24. The Kier molecular flexibility index (Phi) is 6.78. The van der Waals surface area contributed by atoms with Crippen LogP contribution in [-0.4, -0.2) is 58.7 Å². The Labute approximate surface area is 197 Å². The summed E-state index contributed by atoms with van der Waals surface area (Å²) in [6.45, 7) is 8.41. The number of carbonyl (C=O) groups excluding carboxylic acids is 2. The second-order valence-corrected chi connectivity index (χ2v) is 8.80. The molecular formula is C24H28N6O4. The van der Waals surface area contributed by atoms with Gasteiger partial charge in [0.25, 0.3) is 5.91 Å². The van der Waals surface area contributed by atoms with Crippen molar-refractivity contribution in [1.29, 1.82) is 0 Å². The van der Waals surface area contributed by atoms with E-state index in [-0.39, 0.29) is 11.6 Å². The third kappa shape index (κ3) is 6.10. The molecule has 1 aliphatic rings. The largest absolute Gasteiger partial charge is 0.456 e. The van der Waals surface area contributed by atoms with E-state index >= 15 is 0 Å². The van der Waals surface area contributed by atoms with Crippen molar-refractivity contribution in [3.8, 4) is 0 Å². The third-order valence-electron chi connectivity index (χ3n) is 4.90. The number of esters is 1. The van der Waals surface area contributed by atoms with Crippen LogP contribution in [0.25, 0.3) is 0 Å². The minimum Gasteiger partial charge on any atom is -0.456 e. The summed E-state index contributed by atoms with van der Waals surface area (Å²) in [6, 6.07) is 12.2. The van der Waals surface area contributed by atoms with E-state index in [1.54, 1.807) is 42.7 Å². The Hall–Kier alpha value is -3.92. The van der Waals surface area contributed by atoms with Crippen molar-refractivity contribution in [2.24, 2.45) is 0 Å². The number of nitrogens with zero attached hydrogens (tertiary/aromatic N) is 4. The predicted molar refractivity (Wildman–Crippen MR) is 128 cm³/mol. The van der Waals surface area contributed by atoms with Crippen LogP contribution in [0.2, 0.25) is 0 Å². The average molecular weight is 465 g/mol. The van der Waals surface area contributed by atoms with Crippen LogP contribution in [0.1, 0.15) is 41.6 Å². The van der Waals surface area contributed by atoms with Crippen molar-refractivity contribution in [2.75, 3.05) is 41.9 Å². The van der Waals surface area contributed by atoms with Crippen LogP contribution in [0.3, 0.4) is 0 Å². The molecule has 10 nitrogen and oxygen atoms in total. The number of amides is 1. The van der Waals surface area contributed by atoms with Crippen molar-refractivity contribution < 1.29 is 19.1 Å². The fraction of sp³-hybridized carbons (Fsp3) is 0.333. The van der Waals surface area contributed by atoms with E-state index in [4.69, 9.17) is 9.47 Å². The summed E-state index contributed by atoms with van der Waals surface area (Å²) in [7, 11) is 0. The molecule has 0 radical (unpaired) electrons. The van der Waals surface area contributed by atoms with Crippen molar-refractivity contribution >= 4 is 29.1 Å². The Morgan fingerprint density at radius 3 is 2.56 bits per heavy atom. The van der Waals surface area contributed by atoms with Gasteiger partial charge in [0.2, 0.25) is 0 Å². The van der Waals surface area contributed by atoms with Gasteiger partial charge in [-0.15, -0.1) is 5.10 Å². The summed E-state index contributed by atoms with van der Waals surface area (Å²) in [5.74, 6) is 0.0808. The van der Waals surface area contributed by atoms with Crippen LogP contribution in [0.15, 0.2) is 54.9 Å². The topological polar surface area (TPSA) is 111 Å². The van der Waals surface area contributed by atoms with Gasteiger partial charge in [0.05, 0.1) is 36.3 Å².